The average Bonchev–Trinajstić information content (AvgIpc) is 2.94. The molecular formula is C21H28ClF3N4O2. The molecular weight excluding hydrogens is 433 g/mol. The first-order valence-electron chi connectivity index (χ1n) is 10.8. The zero-order valence-corrected chi connectivity index (χ0v) is 18.1. The summed E-state index contributed by atoms with van der Waals surface area (Å²) >= 11 is 6.03. The van der Waals surface area contributed by atoms with Crippen molar-refractivity contribution >= 4 is 29.2 Å². The molecule has 0 unspecified atom stereocenters. The van der Waals surface area contributed by atoms with Gasteiger partial charge in [-0.15, -0.1) is 0 Å². The number of carbonyl (C=O) groups excluding carboxylic acids is 2. The van der Waals surface area contributed by atoms with Gasteiger partial charge in [-0.05, 0) is 38.2 Å². The first-order valence-corrected chi connectivity index (χ1v) is 11.2. The number of aromatic nitrogens is 1. The van der Waals surface area contributed by atoms with Crippen LogP contribution in [0.2, 0.25) is 5.02 Å². The lowest BCUT2D eigenvalue weighted by Crippen LogP contribution is -2.41. The van der Waals surface area contributed by atoms with E-state index < -0.39 is 11.7 Å². The lowest BCUT2D eigenvalue weighted by Gasteiger charge is -2.32. The molecule has 2 aliphatic rings. The molecule has 1 N–H and O–H groups in total. The van der Waals surface area contributed by atoms with Crippen LogP contribution in [-0.4, -0.2) is 54.4 Å². The molecule has 0 bridgehead atoms. The molecule has 172 valence electrons. The molecule has 0 spiro atoms. The lowest BCUT2D eigenvalue weighted by molar-refractivity contribution is -0.138. The average molecular weight is 461 g/mol. The van der Waals surface area contributed by atoms with Gasteiger partial charge in [0.05, 0.1) is 10.6 Å². The van der Waals surface area contributed by atoms with Crippen molar-refractivity contribution in [3.63, 3.8) is 0 Å². The summed E-state index contributed by atoms with van der Waals surface area (Å²) in [7, 11) is 0. The third kappa shape index (κ3) is 6.48. The quantitative estimate of drug-likeness (QED) is 0.654. The number of amides is 2. The number of alkyl halides is 3. The van der Waals surface area contributed by atoms with Crippen molar-refractivity contribution in [3.8, 4) is 0 Å². The van der Waals surface area contributed by atoms with Crippen molar-refractivity contribution in [2.24, 2.45) is 5.92 Å². The number of likely N-dealkylation sites (tertiary alicyclic amines) is 1. The largest absolute Gasteiger partial charge is 0.417 e. The topological polar surface area (TPSA) is 65.5 Å². The number of pyridine rings is 1. The van der Waals surface area contributed by atoms with Crippen LogP contribution in [0.25, 0.3) is 0 Å². The normalized spacial score (nSPS) is 18.8. The summed E-state index contributed by atoms with van der Waals surface area (Å²) in [6, 6.07) is 0.887. The van der Waals surface area contributed by atoms with E-state index in [9.17, 15) is 22.8 Å². The van der Waals surface area contributed by atoms with E-state index in [2.05, 4.69) is 10.3 Å². The van der Waals surface area contributed by atoms with E-state index in [1.54, 1.807) is 0 Å². The van der Waals surface area contributed by atoms with Gasteiger partial charge >= 0.3 is 6.18 Å². The minimum absolute atomic E-state index is 0.0201. The van der Waals surface area contributed by atoms with Crippen LogP contribution in [0.15, 0.2) is 12.3 Å². The van der Waals surface area contributed by atoms with Crippen LogP contribution in [0.4, 0.5) is 19.0 Å². The van der Waals surface area contributed by atoms with Gasteiger partial charge < -0.3 is 15.1 Å². The summed E-state index contributed by atoms with van der Waals surface area (Å²) in [6.07, 6.45) is 1.88. The molecule has 31 heavy (non-hydrogen) atoms. The second kappa shape index (κ2) is 10.5. The molecule has 1 aromatic heterocycles. The van der Waals surface area contributed by atoms with Gasteiger partial charge in [0.1, 0.15) is 5.82 Å². The number of nitrogens with one attached hydrogen (secondary N) is 1. The second-order valence-corrected chi connectivity index (χ2v) is 8.53. The highest BCUT2D eigenvalue weighted by atomic mass is 35.5. The Bertz CT molecular complexity index is 782. The third-order valence-electron chi connectivity index (χ3n) is 5.89. The molecule has 2 aliphatic heterocycles. The predicted octanol–water partition coefficient (Wildman–Crippen LogP) is 3.88. The Morgan fingerprint density at radius 2 is 1.94 bits per heavy atom. The molecule has 2 fully saturated rings. The van der Waals surface area contributed by atoms with Crippen LogP contribution in [0.1, 0.15) is 50.5 Å². The number of hydrogen-bond acceptors (Lipinski definition) is 4. The standard InChI is InChI=1S/C21H28ClF3N4O2/c22-17-13-16(21(23,24)25)14-27-19(17)29-11-6-15(7-12-29)20(31)26-8-4-10-28-9-3-1-2-5-18(28)30/h13-15H,1-12H2,(H,26,31). The van der Waals surface area contributed by atoms with Crippen LogP contribution >= 0.6 is 11.6 Å². The molecule has 0 radical (unpaired) electrons. The van der Waals surface area contributed by atoms with Crippen LogP contribution in [0, 0.1) is 5.92 Å². The monoisotopic (exact) mass is 460 g/mol. The molecule has 2 saturated heterocycles. The summed E-state index contributed by atoms with van der Waals surface area (Å²) in [4.78, 5) is 32.1. The Morgan fingerprint density at radius 3 is 2.61 bits per heavy atom. The van der Waals surface area contributed by atoms with Crippen molar-refractivity contribution in [1.29, 1.82) is 0 Å². The molecule has 6 nitrogen and oxygen atoms in total. The molecule has 3 heterocycles. The molecule has 0 saturated carbocycles. The Morgan fingerprint density at radius 1 is 1.19 bits per heavy atom. The molecule has 10 heteroatoms. The van der Waals surface area contributed by atoms with Gasteiger partial charge in [0.25, 0.3) is 0 Å². The smallest absolute Gasteiger partial charge is 0.356 e. The zero-order valence-electron chi connectivity index (χ0n) is 17.4. The zero-order chi connectivity index (χ0) is 22.4. The van der Waals surface area contributed by atoms with Crippen LogP contribution < -0.4 is 10.2 Å². The predicted molar refractivity (Wildman–Crippen MR) is 112 cm³/mol. The van der Waals surface area contributed by atoms with Gasteiger partial charge in [-0.2, -0.15) is 13.2 Å². The number of hydrogen-bond donors (Lipinski definition) is 1. The molecule has 0 aliphatic carbocycles. The fraction of sp³-hybridized carbons (Fsp3) is 0.667. The summed E-state index contributed by atoms with van der Waals surface area (Å²) in [5, 5.41) is 2.91. The Balaban J connectivity index is 1.41. The Kier molecular flexibility index (Phi) is 8.02. The van der Waals surface area contributed by atoms with E-state index in [1.165, 1.54) is 0 Å². The number of rotatable bonds is 6. The van der Waals surface area contributed by atoms with Crippen molar-refractivity contribution in [1.82, 2.24) is 15.2 Å². The first kappa shape index (κ1) is 23.6. The summed E-state index contributed by atoms with van der Waals surface area (Å²) < 4.78 is 38.3. The van der Waals surface area contributed by atoms with Gasteiger partial charge in [-0.3, -0.25) is 9.59 Å². The van der Waals surface area contributed by atoms with E-state index in [0.717, 1.165) is 44.5 Å². The maximum atomic E-state index is 12.8. The minimum atomic E-state index is -4.49. The van der Waals surface area contributed by atoms with E-state index in [4.69, 9.17) is 11.6 Å². The van der Waals surface area contributed by atoms with Crippen molar-refractivity contribution in [2.75, 3.05) is 37.6 Å². The first-order chi connectivity index (χ1) is 14.8. The van der Waals surface area contributed by atoms with E-state index >= 15 is 0 Å². The van der Waals surface area contributed by atoms with Crippen molar-refractivity contribution in [2.45, 2.75) is 51.1 Å². The fourth-order valence-corrected chi connectivity index (χ4v) is 4.36. The third-order valence-corrected chi connectivity index (χ3v) is 6.17. The summed E-state index contributed by atoms with van der Waals surface area (Å²) in [6.45, 7) is 2.98. The van der Waals surface area contributed by atoms with Crippen molar-refractivity contribution < 1.29 is 22.8 Å². The van der Waals surface area contributed by atoms with Gasteiger partial charge in [-0.25, -0.2) is 4.98 Å². The molecule has 3 rings (SSSR count). The Labute approximate surface area is 185 Å². The van der Waals surface area contributed by atoms with Crippen LogP contribution in [0.5, 0.6) is 0 Å². The van der Waals surface area contributed by atoms with E-state index in [0.29, 0.717) is 51.3 Å². The number of halogens is 4. The maximum absolute atomic E-state index is 12.8. The number of nitrogens with zero attached hydrogens (tertiary/aromatic N) is 3. The van der Waals surface area contributed by atoms with E-state index in [-0.39, 0.29) is 22.8 Å². The van der Waals surface area contributed by atoms with Crippen LogP contribution in [0.3, 0.4) is 0 Å². The fourth-order valence-electron chi connectivity index (χ4n) is 4.07. The number of carbonyl (C=O) groups is 2. The highest BCUT2D eigenvalue weighted by Gasteiger charge is 2.33. The van der Waals surface area contributed by atoms with Gasteiger partial charge in [0.2, 0.25) is 11.8 Å². The number of anilines is 1. The van der Waals surface area contributed by atoms with Gasteiger partial charge in [-0.1, -0.05) is 18.0 Å². The number of piperidine rings is 1. The SMILES string of the molecule is O=C(NCCCN1CCCCCC1=O)C1CCN(c2ncc(C(F)(F)F)cc2Cl)CC1. The highest BCUT2D eigenvalue weighted by Crippen LogP contribution is 2.34. The molecule has 0 aromatic carbocycles. The van der Waals surface area contributed by atoms with E-state index in [1.807, 2.05) is 9.80 Å². The van der Waals surface area contributed by atoms with Crippen molar-refractivity contribution in [3.05, 3.63) is 22.8 Å². The van der Waals surface area contributed by atoms with Crippen LogP contribution in [-0.2, 0) is 15.8 Å². The highest BCUT2D eigenvalue weighted by molar-refractivity contribution is 6.33. The molecule has 1 aromatic rings. The second-order valence-electron chi connectivity index (χ2n) is 8.12. The minimum Gasteiger partial charge on any atom is -0.356 e. The van der Waals surface area contributed by atoms with Gasteiger partial charge in [0.15, 0.2) is 0 Å². The van der Waals surface area contributed by atoms with Gasteiger partial charge in [0, 0.05) is 51.3 Å². The summed E-state index contributed by atoms with van der Waals surface area (Å²) in [5.74, 6) is 0.347. The Hall–Kier alpha value is -2.03. The molecule has 0 atom stereocenters. The maximum Gasteiger partial charge on any atom is 0.417 e. The molecule has 2 amide bonds. The lowest BCUT2D eigenvalue weighted by atomic mass is 9.96. The summed E-state index contributed by atoms with van der Waals surface area (Å²) in [5.41, 5.74) is -0.877.